The van der Waals surface area contributed by atoms with Crippen molar-refractivity contribution < 1.29 is 23.1 Å². The number of ether oxygens (including phenoxy) is 1. The number of carboxylic acids is 1. The van der Waals surface area contributed by atoms with Crippen LogP contribution in [0.25, 0.3) is 0 Å². The molecule has 0 aromatic heterocycles. The number of rotatable bonds is 7. The lowest BCUT2D eigenvalue weighted by atomic mass is 9.90. The smallest absolute Gasteiger partial charge is 0.321 e. The summed E-state index contributed by atoms with van der Waals surface area (Å²) in [5.41, 5.74) is 0. The Labute approximate surface area is 136 Å². The van der Waals surface area contributed by atoms with Crippen LogP contribution < -0.4 is 9.46 Å². The number of sulfonamides is 1. The van der Waals surface area contributed by atoms with E-state index in [0.29, 0.717) is 18.3 Å². The van der Waals surface area contributed by atoms with Crippen LogP contribution in [-0.4, -0.2) is 32.1 Å². The molecule has 1 fully saturated rings. The summed E-state index contributed by atoms with van der Waals surface area (Å²) in [4.78, 5) is 10.8. The van der Waals surface area contributed by atoms with E-state index in [1.54, 1.807) is 12.1 Å². The van der Waals surface area contributed by atoms with Gasteiger partial charge < -0.3 is 9.84 Å². The van der Waals surface area contributed by atoms with Gasteiger partial charge in [-0.15, -0.1) is 0 Å². The molecule has 0 amide bonds. The molecule has 6 nitrogen and oxygen atoms in total. The fraction of sp³-hybridized carbons (Fsp3) is 0.562. The van der Waals surface area contributed by atoms with E-state index in [4.69, 9.17) is 9.84 Å². The first-order chi connectivity index (χ1) is 10.9. The third-order valence-corrected chi connectivity index (χ3v) is 5.60. The molecule has 0 bridgehead atoms. The molecule has 128 valence electrons. The van der Waals surface area contributed by atoms with Crippen molar-refractivity contribution in [2.45, 2.75) is 50.0 Å². The first-order valence-corrected chi connectivity index (χ1v) is 9.35. The summed E-state index contributed by atoms with van der Waals surface area (Å²) in [5.74, 6) is -0.0212. The third kappa shape index (κ3) is 5.21. The molecule has 1 aliphatic carbocycles. The van der Waals surface area contributed by atoms with Crippen molar-refractivity contribution in [2.24, 2.45) is 5.92 Å². The molecule has 0 unspecified atom stereocenters. The maximum Gasteiger partial charge on any atom is 0.321 e. The summed E-state index contributed by atoms with van der Waals surface area (Å²) >= 11 is 0. The van der Waals surface area contributed by atoms with Gasteiger partial charge in [-0.3, -0.25) is 4.79 Å². The molecule has 0 heterocycles. The predicted octanol–water partition coefficient (Wildman–Crippen LogP) is 2.40. The highest BCUT2D eigenvalue weighted by Crippen LogP contribution is 2.25. The molecule has 1 aliphatic rings. The average Bonchev–Trinajstić information content (AvgIpc) is 2.54. The molecule has 1 aromatic carbocycles. The maximum atomic E-state index is 12.0. The SMILES string of the molecule is C[C@H](NS(=O)(=O)c1ccc(OCC2CCCCC2)cc1)C(=O)O. The van der Waals surface area contributed by atoms with E-state index >= 15 is 0 Å². The fourth-order valence-electron chi connectivity index (χ4n) is 2.63. The first-order valence-electron chi connectivity index (χ1n) is 7.86. The van der Waals surface area contributed by atoms with Gasteiger partial charge in [0.25, 0.3) is 0 Å². The highest BCUT2D eigenvalue weighted by Gasteiger charge is 2.21. The average molecular weight is 341 g/mol. The van der Waals surface area contributed by atoms with Crippen LogP contribution in [-0.2, 0) is 14.8 Å². The zero-order valence-electron chi connectivity index (χ0n) is 13.2. The van der Waals surface area contributed by atoms with Gasteiger partial charge in [-0.25, -0.2) is 8.42 Å². The minimum absolute atomic E-state index is 0.0237. The Morgan fingerprint density at radius 1 is 1.26 bits per heavy atom. The normalized spacial score (nSPS) is 17.6. The van der Waals surface area contributed by atoms with Crippen molar-refractivity contribution >= 4 is 16.0 Å². The van der Waals surface area contributed by atoms with E-state index in [1.807, 2.05) is 0 Å². The molecule has 0 spiro atoms. The quantitative estimate of drug-likeness (QED) is 0.794. The van der Waals surface area contributed by atoms with Gasteiger partial charge in [0.15, 0.2) is 0 Å². The second-order valence-corrected chi connectivity index (χ2v) is 7.68. The maximum absolute atomic E-state index is 12.0. The van der Waals surface area contributed by atoms with E-state index in [2.05, 4.69) is 4.72 Å². The van der Waals surface area contributed by atoms with Crippen LogP contribution in [0.5, 0.6) is 5.75 Å². The van der Waals surface area contributed by atoms with Crippen LogP contribution >= 0.6 is 0 Å². The van der Waals surface area contributed by atoms with E-state index in [-0.39, 0.29) is 4.90 Å². The molecule has 1 saturated carbocycles. The molecule has 23 heavy (non-hydrogen) atoms. The second kappa shape index (κ2) is 7.79. The van der Waals surface area contributed by atoms with Gasteiger partial charge in [0.1, 0.15) is 11.8 Å². The summed E-state index contributed by atoms with van der Waals surface area (Å²) in [6, 6.07) is 4.87. The van der Waals surface area contributed by atoms with Gasteiger partial charge in [0.2, 0.25) is 10.0 Å². The van der Waals surface area contributed by atoms with Gasteiger partial charge >= 0.3 is 5.97 Å². The zero-order chi connectivity index (χ0) is 16.9. The van der Waals surface area contributed by atoms with Crippen LogP contribution in [0.4, 0.5) is 0 Å². The van der Waals surface area contributed by atoms with Crippen LogP contribution in [0.2, 0.25) is 0 Å². The monoisotopic (exact) mass is 341 g/mol. The number of carboxylic acid groups (broad SMARTS) is 1. The van der Waals surface area contributed by atoms with E-state index in [9.17, 15) is 13.2 Å². The van der Waals surface area contributed by atoms with Crippen molar-refractivity contribution in [1.82, 2.24) is 4.72 Å². The van der Waals surface area contributed by atoms with Gasteiger partial charge in [0.05, 0.1) is 11.5 Å². The molecule has 0 radical (unpaired) electrons. The van der Waals surface area contributed by atoms with Gasteiger partial charge in [0, 0.05) is 0 Å². The van der Waals surface area contributed by atoms with Crippen molar-refractivity contribution in [2.75, 3.05) is 6.61 Å². The Hall–Kier alpha value is -1.60. The Kier molecular flexibility index (Phi) is 6.01. The molecule has 0 saturated heterocycles. The van der Waals surface area contributed by atoms with E-state index in [1.165, 1.54) is 51.2 Å². The summed E-state index contributed by atoms with van der Waals surface area (Å²) in [7, 11) is -3.84. The number of aliphatic carboxylic acids is 1. The number of nitrogens with one attached hydrogen (secondary N) is 1. The van der Waals surface area contributed by atoms with Crippen LogP contribution in [0.1, 0.15) is 39.0 Å². The van der Waals surface area contributed by atoms with Crippen molar-refractivity contribution in [3.05, 3.63) is 24.3 Å². The van der Waals surface area contributed by atoms with Crippen LogP contribution in [0, 0.1) is 5.92 Å². The van der Waals surface area contributed by atoms with E-state index in [0.717, 1.165) is 0 Å². The molecule has 0 aliphatic heterocycles. The minimum atomic E-state index is -3.84. The second-order valence-electron chi connectivity index (χ2n) is 5.97. The highest BCUT2D eigenvalue weighted by molar-refractivity contribution is 7.89. The number of benzene rings is 1. The van der Waals surface area contributed by atoms with Crippen LogP contribution in [0.3, 0.4) is 0 Å². The van der Waals surface area contributed by atoms with Crippen molar-refractivity contribution in [3.8, 4) is 5.75 Å². The van der Waals surface area contributed by atoms with Crippen molar-refractivity contribution in [3.63, 3.8) is 0 Å². The first kappa shape index (κ1) is 17.7. The van der Waals surface area contributed by atoms with Gasteiger partial charge in [-0.05, 0) is 49.9 Å². The molecule has 1 atom stereocenters. The predicted molar refractivity (Wildman–Crippen MR) is 85.9 cm³/mol. The summed E-state index contributed by atoms with van der Waals surface area (Å²) in [6.45, 7) is 1.93. The molecule has 2 N–H and O–H groups in total. The zero-order valence-corrected chi connectivity index (χ0v) is 14.0. The molecular weight excluding hydrogens is 318 g/mol. The Balaban J connectivity index is 1.94. The highest BCUT2D eigenvalue weighted by atomic mass is 32.2. The van der Waals surface area contributed by atoms with E-state index < -0.39 is 22.0 Å². The van der Waals surface area contributed by atoms with Gasteiger partial charge in [-0.1, -0.05) is 19.3 Å². The lowest BCUT2D eigenvalue weighted by Crippen LogP contribution is -2.38. The Morgan fingerprint density at radius 2 is 1.87 bits per heavy atom. The fourth-order valence-corrected chi connectivity index (χ4v) is 3.83. The minimum Gasteiger partial charge on any atom is -0.493 e. The number of carbonyl (C=O) groups is 1. The summed E-state index contributed by atoms with van der Waals surface area (Å²) in [5, 5.41) is 8.78. The van der Waals surface area contributed by atoms with Gasteiger partial charge in [-0.2, -0.15) is 4.72 Å². The lowest BCUT2D eigenvalue weighted by Gasteiger charge is -2.21. The summed E-state index contributed by atoms with van der Waals surface area (Å²) < 4.78 is 31.9. The largest absolute Gasteiger partial charge is 0.493 e. The molecule has 1 aromatic rings. The topological polar surface area (TPSA) is 92.7 Å². The Morgan fingerprint density at radius 3 is 2.43 bits per heavy atom. The van der Waals surface area contributed by atoms with Crippen molar-refractivity contribution in [1.29, 1.82) is 0 Å². The Bertz CT molecular complexity index is 620. The lowest BCUT2D eigenvalue weighted by molar-refractivity contribution is -0.138. The third-order valence-electron chi connectivity index (χ3n) is 4.05. The molecule has 7 heteroatoms. The standard InChI is InChI=1S/C16H23NO5S/c1-12(16(18)19)17-23(20,21)15-9-7-14(8-10-15)22-11-13-5-3-2-4-6-13/h7-10,12-13,17H,2-6,11H2,1H3,(H,18,19)/t12-/m0/s1. The number of hydrogen-bond acceptors (Lipinski definition) is 4. The van der Waals surface area contributed by atoms with Crippen LogP contribution in [0.15, 0.2) is 29.2 Å². The molecular formula is C16H23NO5S. The summed E-state index contributed by atoms with van der Waals surface area (Å²) in [6.07, 6.45) is 6.16. The number of hydrogen-bond donors (Lipinski definition) is 2. The molecule has 2 rings (SSSR count).